The van der Waals surface area contributed by atoms with Gasteiger partial charge in [0.2, 0.25) is 0 Å². The topological polar surface area (TPSA) is 68.5 Å². The van der Waals surface area contributed by atoms with Crippen LogP contribution in [0.2, 0.25) is 5.15 Å². The van der Waals surface area contributed by atoms with Gasteiger partial charge in [0.1, 0.15) is 16.7 Å². The van der Waals surface area contributed by atoms with E-state index in [0.29, 0.717) is 28.7 Å². The Bertz CT molecular complexity index is 1120. The van der Waals surface area contributed by atoms with Gasteiger partial charge in [-0.05, 0) is 54.7 Å². The Morgan fingerprint density at radius 2 is 1.97 bits per heavy atom. The minimum Gasteiger partial charge on any atom is -0.483 e. The van der Waals surface area contributed by atoms with Crippen molar-refractivity contribution < 1.29 is 13.9 Å². The summed E-state index contributed by atoms with van der Waals surface area (Å²) in [6.07, 6.45) is 1.45. The lowest BCUT2D eigenvalue weighted by Crippen LogP contribution is -2.25. The number of amides is 1. The van der Waals surface area contributed by atoms with Gasteiger partial charge in [-0.3, -0.25) is 4.79 Å². The maximum atomic E-state index is 13.1. The van der Waals surface area contributed by atoms with Crippen molar-refractivity contribution >= 4 is 23.7 Å². The van der Waals surface area contributed by atoms with E-state index in [1.165, 1.54) is 18.3 Å². The summed E-state index contributed by atoms with van der Waals surface area (Å²) in [6.45, 7) is 8.16. The molecule has 0 aliphatic rings. The minimum absolute atomic E-state index is 0.156. The van der Waals surface area contributed by atoms with Gasteiger partial charge in [0.15, 0.2) is 6.61 Å². The molecule has 2 aromatic carbocycles. The second-order valence-electron chi connectivity index (χ2n) is 7.85. The fourth-order valence-corrected chi connectivity index (χ4v) is 3.45. The highest BCUT2D eigenvalue weighted by molar-refractivity contribution is 6.32. The Kier molecular flexibility index (Phi) is 7.64. The number of carbonyl (C=O) groups is 1. The number of hydrogen-bond donors (Lipinski definition) is 1. The molecule has 0 unspecified atom stereocenters. The van der Waals surface area contributed by atoms with Crippen LogP contribution in [0.5, 0.6) is 5.75 Å². The summed E-state index contributed by atoms with van der Waals surface area (Å²) in [4.78, 5) is 12.2. The van der Waals surface area contributed by atoms with E-state index < -0.39 is 0 Å². The van der Waals surface area contributed by atoms with Crippen molar-refractivity contribution in [2.75, 3.05) is 6.61 Å². The molecule has 3 rings (SSSR count). The second kappa shape index (κ2) is 10.4. The molecular weight excluding hydrogens is 431 g/mol. The minimum atomic E-state index is -0.384. The number of aryl methyl sites for hydroxylation is 2. The van der Waals surface area contributed by atoms with Crippen LogP contribution < -0.4 is 10.2 Å². The number of hydrogen-bond acceptors (Lipinski definition) is 4. The zero-order valence-electron chi connectivity index (χ0n) is 18.5. The molecule has 0 aliphatic carbocycles. The molecule has 0 saturated carbocycles. The van der Waals surface area contributed by atoms with Gasteiger partial charge in [0.05, 0.1) is 24.0 Å². The SMILES string of the molecule is Cc1ccc(C(C)C)c(OCC(=O)NN=Cc2c(C)nn(Cc3ccc(F)cc3)c2Cl)c1. The summed E-state index contributed by atoms with van der Waals surface area (Å²) < 4.78 is 20.4. The van der Waals surface area contributed by atoms with Crippen LogP contribution in [0.4, 0.5) is 4.39 Å². The molecule has 8 heteroatoms. The Labute approximate surface area is 192 Å². The third-order valence-corrected chi connectivity index (χ3v) is 5.29. The molecule has 0 aliphatic heterocycles. The Hall–Kier alpha value is -3.19. The molecule has 0 radical (unpaired) electrons. The van der Waals surface area contributed by atoms with Crippen molar-refractivity contribution in [3.8, 4) is 5.75 Å². The van der Waals surface area contributed by atoms with Crippen LogP contribution in [-0.2, 0) is 11.3 Å². The van der Waals surface area contributed by atoms with Gasteiger partial charge in [-0.25, -0.2) is 14.5 Å². The first-order valence-corrected chi connectivity index (χ1v) is 10.6. The predicted molar refractivity (Wildman–Crippen MR) is 124 cm³/mol. The number of nitrogens with zero attached hydrogens (tertiary/aromatic N) is 3. The lowest BCUT2D eigenvalue weighted by Gasteiger charge is -2.14. The van der Waals surface area contributed by atoms with Crippen molar-refractivity contribution in [3.05, 3.63) is 81.4 Å². The van der Waals surface area contributed by atoms with E-state index in [4.69, 9.17) is 16.3 Å². The molecule has 0 bridgehead atoms. The average molecular weight is 457 g/mol. The molecule has 0 fully saturated rings. The second-order valence-corrected chi connectivity index (χ2v) is 8.21. The van der Waals surface area contributed by atoms with Gasteiger partial charge in [0.25, 0.3) is 5.91 Å². The van der Waals surface area contributed by atoms with Crippen molar-refractivity contribution in [2.45, 2.75) is 40.2 Å². The smallest absolute Gasteiger partial charge is 0.277 e. The molecule has 1 N–H and O–H groups in total. The van der Waals surface area contributed by atoms with Crippen molar-refractivity contribution in [1.82, 2.24) is 15.2 Å². The molecule has 1 aromatic heterocycles. The molecule has 1 amide bonds. The summed E-state index contributed by atoms with van der Waals surface area (Å²) in [5.74, 6) is 0.292. The van der Waals surface area contributed by atoms with Gasteiger partial charge < -0.3 is 4.74 Å². The summed E-state index contributed by atoms with van der Waals surface area (Å²) >= 11 is 6.43. The lowest BCUT2D eigenvalue weighted by molar-refractivity contribution is -0.123. The summed E-state index contributed by atoms with van der Waals surface area (Å²) in [7, 11) is 0. The van der Waals surface area contributed by atoms with E-state index >= 15 is 0 Å². The van der Waals surface area contributed by atoms with Crippen LogP contribution in [-0.4, -0.2) is 28.5 Å². The zero-order chi connectivity index (χ0) is 23.3. The third kappa shape index (κ3) is 5.95. The van der Waals surface area contributed by atoms with E-state index in [-0.39, 0.29) is 24.2 Å². The molecule has 32 heavy (non-hydrogen) atoms. The van der Waals surface area contributed by atoms with Crippen molar-refractivity contribution in [1.29, 1.82) is 0 Å². The number of hydrazone groups is 1. The molecule has 0 spiro atoms. The van der Waals surface area contributed by atoms with Gasteiger partial charge in [-0.1, -0.05) is 49.7 Å². The fraction of sp³-hybridized carbons (Fsp3) is 0.292. The zero-order valence-corrected chi connectivity index (χ0v) is 19.3. The number of carbonyl (C=O) groups excluding carboxylic acids is 1. The molecule has 0 saturated heterocycles. The predicted octanol–water partition coefficient (Wildman–Crippen LogP) is 4.99. The average Bonchev–Trinajstić information content (AvgIpc) is 3.01. The number of rotatable bonds is 8. The van der Waals surface area contributed by atoms with E-state index in [9.17, 15) is 9.18 Å². The van der Waals surface area contributed by atoms with Gasteiger partial charge >= 0.3 is 0 Å². The van der Waals surface area contributed by atoms with Crippen molar-refractivity contribution in [2.24, 2.45) is 5.10 Å². The van der Waals surface area contributed by atoms with E-state index in [1.54, 1.807) is 23.7 Å². The first-order chi connectivity index (χ1) is 15.2. The summed E-state index contributed by atoms with van der Waals surface area (Å²) in [6, 6.07) is 12.1. The Morgan fingerprint density at radius 1 is 1.25 bits per heavy atom. The number of aromatic nitrogens is 2. The highest BCUT2D eigenvalue weighted by atomic mass is 35.5. The maximum Gasteiger partial charge on any atom is 0.277 e. The first-order valence-electron chi connectivity index (χ1n) is 10.3. The summed E-state index contributed by atoms with van der Waals surface area (Å²) in [5.41, 5.74) is 6.67. The quantitative estimate of drug-likeness (QED) is 0.383. The molecule has 6 nitrogen and oxygen atoms in total. The number of nitrogens with one attached hydrogen (secondary N) is 1. The van der Waals surface area contributed by atoms with Crippen molar-refractivity contribution in [3.63, 3.8) is 0 Å². The van der Waals surface area contributed by atoms with Crippen LogP contribution in [0, 0.1) is 19.7 Å². The fourth-order valence-electron chi connectivity index (χ4n) is 3.17. The largest absolute Gasteiger partial charge is 0.483 e. The highest BCUT2D eigenvalue weighted by Gasteiger charge is 2.13. The van der Waals surface area contributed by atoms with Crippen LogP contribution in [0.3, 0.4) is 0 Å². The van der Waals surface area contributed by atoms with Gasteiger partial charge in [0, 0.05) is 0 Å². The van der Waals surface area contributed by atoms with E-state index in [0.717, 1.165) is 16.7 Å². The van der Waals surface area contributed by atoms with Crippen LogP contribution in [0.1, 0.15) is 47.7 Å². The molecule has 168 valence electrons. The monoisotopic (exact) mass is 456 g/mol. The first kappa shape index (κ1) is 23.5. The number of halogens is 2. The standard InChI is InChI=1S/C24H26ClFN4O2/c1-15(2)20-10-5-16(3)11-22(20)32-14-23(31)28-27-12-21-17(4)29-30(24(21)25)13-18-6-8-19(26)9-7-18/h5-12,15H,13-14H2,1-4H3,(H,28,31). The Morgan fingerprint density at radius 3 is 2.66 bits per heavy atom. The molecule has 1 heterocycles. The van der Waals surface area contributed by atoms with E-state index in [2.05, 4.69) is 29.5 Å². The maximum absolute atomic E-state index is 13.1. The highest BCUT2D eigenvalue weighted by Crippen LogP contribution is 2.27. The van der Waals surface area contributed by atoms with E-state index in [1.807, 2.05) is 25.1 Å². The Balaban J connectivity index is 1.60. The number of benzene rings is 2. The van der Waals surface area contributed by atoms with Crippen LogP contribution in [0.15, 0.2) is 47.6 Å². The molecule has 3 aromatic rings. The number of ether oxygens (including phenoxy) is 1. The normalized spacial score (nSPS) is 11.3. The lowest BCUT2D eigenvalue weighted by atomic mass is 10.0. The van der Waals surface area contributed by atoms with Crippen LogP contribution in [0.25, 0.3) is 0 Å². The van der Waals surface area contributed by atoms with Gasteiger partial charge in [-0.2, -0.15) is 10.2 Å². The third-order valence-electron chi connectivity index (χ3n) is 4.89. The molecule has 0 atom stereocenters. The summed E-state index contributed by atoms with van der Waals surface area (Å²) in [5, 5.41) is 8.77. The van der Waals surface area contributed by atoms with Gasteiger partial charge in [-0.15, -0.1) is 0 Å². The molecular formula is C24H26ClFN4O2. The van der Waals surface area contributed by atoms with Crippen LogP contribution >= 0.6 is 11.6 Å².